The zero-order valence-electron chi connectivity index (χ0n) is 14.8. The summed E-state index contributed by atoms with van der Waals surface area (Å²) in [4.78, 5) is 38.6. The average Bonchev–Trinajstić information content (AvgIpc) is 3.01. The second-order valence-electron chi connectivity index (χ2n) is 6.38. The van der Waals surface area contributed by atoms with Crippen LogP contribution in [0.25, 0.3) is 10.9 Å². The Labute approximate surface area is 147 Å². The van der Waals surface area contributed by atoms with Gasteiger partial charge in [0.05, 0.1) is 6.04 Å². The van der Waals surface area contributed by atoms with Crippen molar-refractivity contribution in [3.8, 4) is 0 Å². The van der Waals surface area contributed by atoms with E-state index in [4.69, 9.17) is 0 Å². The standard InChI is InChI=1S/C19H25N3O3/c1-4-12(2)18(21-13(3)24)19(25)22-15(11-23)9-14-10-20-17-8-6-5-7-16(14)17/h5-8,10-12,15,18,20H,4,9H2,1-3H3,(H,21,24)(H,22,25)/t12-,15-,18-/m0/s1. The van der Waals surface area contributed by atoms with Gasteiger partial charge in [-0.2, -0.15) is 0 Å². The highest BCUT2D eigenvalue weighted by Gasteiger charge is 2.26. The summed E-state index contributed by atoms with van der Waals surface area (Å²) in [6.45, 7) is 5.23. The number of para-hydroxylation sites is 1. The fourth-order valence-electron chi connectivity index (χ4n) is 2.86. The lowest BCUT2D eigenvalue weighted by Crippen LogP contribution is -2.52. The van der Waals surface area contributed by atoms with Gasteiger partial charge in [-0.05, 0) is 17.5 Å². The molecule has 1 aromatic heterocycles. The Morgan fingerprint density at radius 2 is 1.96 bits per heavy atom. The van der Waals surface area contributed by atoms with Crippen molar-refractivity contribution in [2.75, 3.05) is 0 Å². The van der Waals surface area contributed by atoms with Gasteiger partial charge in [0.15, 0.2) is 0 Å². The number of carbonyl (C=O) groups is 3. The van der Waals surface area contributed by atoms with Crippen LogP contribution in [0, 0.1) is 5.92 Å². The summed E-state index contributed by atoms with van der Waals surface area (Å²) < 4.78 is 0. The smallest absolute Gasteiger partial charge is 0.243 e. The molecule has 0 bridgehead atoms. The van der Waals surface area contributed by atoms with Crippen LogP contribution in [0.15, 0.2) is 30.5 Å². The van der Waals surface area contributed by atoms with Gasteiger partial charge < -0.3 is 20.4 Å². The average molecular weight is 343 g/mol. The lowest BCUT2D eigenvalue weighted by atomic mass is 9.97. The van der Waals surface area contributed by atoms with Crippen LogP contribution >= 0.6 is 0 Å². The SMILES string of the molecule is CC[C@H](C)[C@H](NC(C)=O)C(=O)N[C@H](C=O)Cc1c[nH]c2ccccc12. The fourth-order valence-corrected chi connectivity index (χ4v) is 2.86. The summed E-state index contributed by atoms with van der Waals surface area (Å²) in [5.74, 6) is -0.620. The Morgan fingerprint density at radius 3 is 2.60 bits per heavy atom. The second-order valence-corrected chi connectivity index (χ2v) is 6.38. The first-order chi connectivity index (χ1) is 12.0. The molecule has 2 aromatic rings. The van der Waals surface area contributed by atoms with Crippen molar-refractivity contribution >= 4 is 29.0 Å². The van der Waals surface area contributed by atoms with Crippen molar-refractivity contribution in [2.24, 2.45) is 5.92 Å². The monoisotopic (exact) mass is 343 g/mol. The molecular formula is C19H25N3O3. The second kappa shape index (κ2) is 8.46. The summed E-state index contributed by atoms with van der Waals surface area (Å²) in [6, 6.07) is 6.52. The van der Waals surface area contributed by atoms with Gasteiger partial charge in [0.2, 0.25) is 11.8 Å². The maximum Gasteiger partial charge on any atom is 0.243 e. The number of aromatic amines is 1. The molecule has 0 aliphatic heterocycles. The molecule has 0 aliphatic carbocycles. The van der Waals surface area contributed by atoms with Gasteiger partial charge in [-0.15, -0.1) is 0 Å². The highest BCUT2D eigenvalue weighted by molar-refractivity contribution is 5.89. The van der Waals surface area contributed by atoms with E-state index in [0.717, 1.165) is 29.2 Å². The molecule has 0 saturated heterocycles. The molecule has 1 heterocycles. The van der Waals surface area contributed by atoms with E-state index in [9.17, 15) is 14.4 Å². The van der Waals surface area contributed by atoms with Crippen LogP contribution in [0.4, 0.5) is 0 Å². The van der Waals surface area contributed by atoms with Gasteiger partial charge >= 0.3 is 0 Å². The van der Waals surface area contributed by atoms with Crippen molar-refractivity contribution in [1.82, 2.24) is 15.6 Å². The van der Waals surface area contributed by atoms with Crippen molar-refractivity contribution in [3.63, 3.8) is 0 Å². The molecule has 6 nitrogen and oxygen atoms in total. The van der Waals surface area contributed by atoms with E-state index < -0.39 is 12.1 Å². The number of rotatable bonds is 8. The maximum absolute atomic E-state index is 12.5. The maximum atomic E-state index is 12.5. The third-order valence-corrected chi connectivity index (χ3v) is 4.46. The Balaban J connectivity index is 2.10. The van der Waals surface area contributed by atoms with Gasteiger partial charge in [0, 0.05) is 30.4 Å². The number of amides is 2. The van der Waals surface area contributed by atoms with Gasteiger partial charge in [-0.25, -0.2) is 0 Å². The number of hydrogen-bond donors (Lipinski definition) is 3. The number of H-pyrrole nitrogens is 1. The molecule has 3 atom stereocenters. The van der Waals surface area contributed by atoms with E-state index in [1.165, 1.54) is 6.92 Å². The Bertz CT molecular complexity index is 753. The molecule has 2 amide bonds. The highest BCUT2D eigenvalue weighted by Crippen LogP contribution is 2.19. The van der Waals surface area contributed by atoms with Gasteiger partial charge in [0.1, 0.15) is 12.3 Å². The minimum absolute atomic E-state index is 0.0238. The van der Waals surface area contributed by atoms with Crippen LogP contribution in [-0.4, -0.2) is 35.2 Å². The molecule has 1 aromatic carbocycles. The van der Waals surface area contributed by atoms with Gasteiger partial charge in [-0.1, -0.05) is 38.5 Å². The molecular weight excluding hydrogens is 318 g/mol. The topological polar surface area (TPSA) is 91.1 Å². The number of fused-ring (bicyclic) bond motifs is 1. The molecule has 0 unspecified atom stereocenters. The minimum Gasteiger partial charge on any atom is -0.361 e. The molecule has 3 N–H and O–H groups in total. The normalized spacial score (nSPS) is 14.5. The van der Waals surface area contributed by atoms with Crippen LogP contribution in [0.2, 0.25) is 0 Å². The lowest BCUT2D eigenvalue weighted by molar-refractivity contribution is -0.130. The third kappa shape index (κ3) is 4.68. The number of aromatic nitrogens is 1. The minimum atomic E-state index is -0.646. The first-order valence-corrected chi connectivity index (χ1v) is 8.54. The van der Waals surface area contributed by atoms with Crippen LogP contribution in [0.1, 0.15) is 32.8 Å². The van der Waals surface area contributed by atoms with Crippen LogP contribution in [0.3, 0.4) is 0 Å². The van der Waals surface area contributed by atoms with E-state index >= 15 is 0 Å². The van der Waals surface area contributed by atoms with Crippen molar-refractivity contribution in [3.05, 3.63) is 36.0 Å². The summed E-state index contributed by atoms with van der Waals surface area (Å²) in [6.07, 6.45) is 3.73. The van der Waals surface area contributed by atoms with Gasteiger partial charge in [-0.3, -0.25) is 9.59 Å². The molecule has 0 radical (unpaired) electrons. The molecule has 134 valence electrons. The zero-order chi connectivity index (χ0) is 18.4. The number of hydrogen-bond acceptors (Lipinski definition) is 3. The first-order valence-electron chi connectivity index (χ1n) is 8.54. The predicted octanol–water partition coefficient (Wildman–Crippen LogP) is 1.94. The molecule has 2 rings (SSSR count). The van der Waals surface area contributed by atoms with Crippen molar-refractivity contribution in [1.29, 1.82) is 0 Å². The summed E-state index contributed by atoms with van der Waals surface area (Å²) in [7, 11) is 0. The van der Waals surface area contributed by atoms with Crippen LogP contribution < -0.4 is 10.6 Å². The quantitative estimate of drug-likeness (QED) is 0.640. The number of benzene rings is 1. The fraction of sp³-hybridized carbons (Fsp3) is 0.421. The van der Waals surface area contributed by atoms with E-state index in [-0.39, 0.29) is 17.7 Å². The lowest BCUT2D eigenvalue weighted by Gasteiger charge is -2.24. The molecule has 0 aliphatic rings. The van der Waals surface area contributed by atoms with Crippen molar-refractivity contribution in [2.45, 2.75) is 45.7 Å². The third-order valence-electron chi connectivity index (χ3n) is 4.46. The predicted molar refractivity (Wildman–Crippen MR) is 97.1 cm³/mol. The molecule has 25 heavy (non-hydrogen) atoms. The highest BCUT2D eigenvalue weighted by atomic mass is 16.2. The summed E-state index contributed by atoms with van der Waals surface area (Å²) >= 11 is 0. The number of carbonyl (C=O) groups excluding carboxylic acids is 3. The molecule has 0 saturated carbocycles. The van der Waals surface area contributed by atoms with E-state index in [1.807, 2.05) is 44.3 Å². The molecule has 6 heteroatoms. The zero-order valence-corrected chi connectivity index (χ0v) is 14.8. The van der Waals surface area contributed by atoms with Gasteiger partial charge in [0.25, 0.3) is 0 Å². The summed E-state index contributed by atoms with van der Waals surface area (Å²) in [5.41, 5.74) is 1.96. The van der Waals surface area contributed by atoms with Crippen molar-refractivity contribution < 1.29 is 14.4 Å². The Hall–Kier alpha value is -2.63. The van der Waals surface area contributed by atoms with E-state index in [1.54, 1.807) is 0 Å². The molecule has 0 spiro atoms. The van der Waals surface area contributed by atoms with E-state index in [0.29, 0.717) is 6.42 Å². The first kappa shape index (κ1) is 18.7. The Kier molecular flexibility index (Phi) is 6.33. The van der Waals surface area contributed by atoms with E-state index in [2.05, 4.69) is 15.6 Å². The molecule has 0 fully saturated rings. The summed E-state index contributed by atoms with van der Waals surface area (Å²) in [5, 5.41) is 6.46. The Morgan fingerprint density at radius 1 is 1.24 bits per heavy atom. The number of aldehydes is 1. The number of nitrogens with one attached hydrogen (secondary N) is 3. The largest absolute Gasteiger partial charge is 0.361 e. The van der Waals surface area contributed by atoms with Crippen LogP contribution in [-0.2, 0) is 20.8 Å². The van der Waals surface area contributed by atoms with Crippen LogP contribution in [0.5, 0.6) is 0 Å².